The SMILES string of the molecule is CCNCc1cnc(N2CCC(CN(C)C)CC2)c(C)c1. The van der Waals surface area contributed by atoms with Crippen molar-refractivity contribution in [2.24, 2.45) is 5.92 Å². The fourth-order valence-electron chi connectivity index (χ4n) is 3.17. The minimum atomic E-state index is 0.838. The lowest BCUT2D eigenvalue weighted by Gasteiger charge is -2.34. The zero-order valence-corrected chi connectivity index (χ0v) is 14.0. The van der Waals surface area contributed by atoms with E-state index in [-0.39, 0.29) is 0 Å². The normalized spacial score (nSPS) is 16.7. The third-order valence-electron chi connectivity index (χ3n) is 4.22. The molecule has 0 spiro atoms. The molecular formula is C17H30N4. The van der Waals surface area contributed by atoms with E-state index in [4.69, 9.17) is 4.98 Å². The van der Waals surface area contributed by atoms with E-state index >= 15 is 0 Å². The summed E-state index contributed by atoms with van der Waals surface area (Å²) in [5.74, 6) is 2.02. The van der Waals surface area contributed by atoms with Gasteiger partial charge in [0.2, 0.25) is 0 Å². The van der Waals surface area contributed by atoms with Crippen LogP contribution in [0, 0.1) is 12.8 Å². The first-order valence-corrected chi connectivity index (χ1v) is 8.16. The number of anilines is 1. The number of piperidine rings is 1. The predicted molar refractivity (Wildman–Crippen MR) is 89.8 cm³/mol. The minimum absolute atomic E-state index is 0.838. The van der Waals surface area contributed by atoms with Gasteiger partial charge in [0.25, 0.3) is 0 Å². The van der Waals surface area contributed by atoms with E-state index in [2.05, 4.69) is 49.1 Å². The van der Waals surface area contributed by atoms with Crippen LogP contribution in [0.15, 0.2) is 12.3 Å². The maximum Gasteiger partial charge on any atom is 0.131 e. The molecule has 1 aromatic rings. The van der Waals surface area contributed by atoms with Crippen LogP contribution in [0.4, 0.5) is 5.82 Å². The van der Waals surface area contributed by atoms with Crippen molar-refractivity contribution >= 4 is 5.82 Å². The molecule has 0 radical (unpaired) electrons. The third-order valence-corrected chi connectivity index (χ3v) is 4.22. The standard InChI is InChI=1S/C17H30N4/c1-5-18-11-16-10-14(2)17(19-12-16)21-8-6-15(7-9-21)13-20(3)4/h10,12,15,18H,5-9,11,13H2,1-4H3. The van der Waals surface area contributed by atoms with E-state index < -0.39 is 0 Å². The summed E-state index contributed by atoms with van der Waals surface area (Å²) in [7, 11) is 4.34. The summed E-state index contributed by atoms with van der Waals surface area (Å²) < 4.78 is 0. The maximum atomic E-state index is 4.72. The first-order chi connectivity index (χ1) is 10.1. The summed E-state index contributed by atoms with van der Waals surface area (Å²) in [6, 6.07) is 2.27. The number of nitrogens with zero attached hydrogens (tertiary/aromatic N) is 3. The molecule has 118 valence electrons. The molecule has 0 aromatic carbocycles. The van der Waals surface area contributed by atoms with E-state index in [0.29, 0.717) is 0 Å². The summed E-state index contributed by atoms with van der Waals surface area (Å²) in [4.78, 5) is 9.48. The third kappa shape index (κ3) is 4.68. The number of rotatable bonds is 6. The molecule has 0 aliphatic carbocycles. The van der Waals surface area contributed by atoms with Crippen molar-refractivity contribution in [3.63, 3.8) is 0 Å². The van der Waals surface area contributed by atoms with E-state index in [1.54, 1.807) is 0 Å². The Morgan fingerprint density at radius 1 is 1.33 bits per heavy atom. The molecule has 4 nitrogen and oxygen atoms in total. The first kappa shape index (κ1) is 16.2. The van der Waals surface area contributed by atoms with Crippen LogP contribution in [-0.2, 0) is 6.54 Å². The zero-order chi connectivity index (χ0) is 15.2. The Morgan fingerprint density at radius 2 is 2.05 bits per heavy atom. The highest BCUT2D eigenvalue weighted by Crippen LogP contribution is 2.25. The molecule has 0 saturated carbocycles. The second kappa shape index (κ2) is 7.76. The number of aryl methyl sites for hydroxylation is 1. The molecule has 2 heterocycles. The molecule has 1 saturated heterocycles. The fraction of sp³-hybridized carbons (Fsp3) is 0.706. The highest BCUT2D eigenvalue weighted by molar-refractivity contribution is 5.47. The molecule has 1 N–H and O–H groups in total. The van der Waals surface area contributed by atoms with Crippen LogP contribution in [0.1, 0.15) is 30.9 Å². The van der Waals surface area contributed by atoms with Crippen LogP contribution in [0.5, 0.6) is 0 Å². The fourth-order valence-corrected chi connectivity index (χ4v) is 3.17. The van der Waals surface area contributed by atoms with Crippen molar-refractivity contribution in [1.29, 1.82) is 0 Å². The summed E-state index contributed by atoms with van der Waals surface area (Å²) in [5.41, 5.74) is 2.58. The Labute approximate surface area is 129 Å². The predicted octanol–water partition coefficient (Wildman–Crippen LogP) is 2.28. The summed E-state index contributed by atoms with van der Waals surface area (Å²) in [5, 5.41) is 3.36. The lowest BCUT2D eigenvalue weighted by Crippen LogP contribution is -2.37. The number of aromatic nitrogens is 1. The zero-order valence-electron chi connectivity index (χ0n) is 14.0. The Kier molecular flexibility index (Phi) is 6.00. The van der Waals surface area contributed by atoms with Gasteiger partial charge in [-0.25, -0.2) is 4.98 Å². The topological polar surface area (TPSA) is 31.4 Å². The van der Waals surface area contributed by atoms with Crippen molar-refractivity contribution in [2.45, 2.75) is 33.2 Å². The van der Waals surface area contributed by atoms with E-state index in [1.807, 2.05) is 6.20 Å². The van der Waals surface area contributed by atoms with Crippen LogP contribution in [0.25, 0.3) is 0 Å². The van der Waals surface area contributed by atoms with Gasteiger partial charge in [0.1, 0.15) is 5.82 Å². The van der Waals surface area contributed by atoms with E-state index in [9.17, 15) is 0 Å². The Hall–Kier alpha value is -1.13. The van der Waals surface area contributed by atoms with Gasteiger partial charge < -0.3 is 15.1 Å². The van der Waals surface area contributed by atoms with Gasteiger partial charge >= 0.3 is 0 Å². The summed E-state index contributed by atoms with van der Waals surface area (Å²) >= 11 is 0. The molecular weight excluding hydrogens is 260 g/mol. The molecule has 1 aliphatic rings. The van der Waals surface area contributed by atoms with Crippen molar-refractivity contribution in [3.05, 3.63) is 23.4 Å². The molecule has 1 fully saturated rings. The van der Waals surface area contributed by atoms with Gasteiger partial charge in [-0.15, -0.1) is 0 Å². The molecule has 2 rings (SSSR count). The minimum Gasteiger partial charge on any atom is -0.356 e. The van der Waals surface area contributed by atoms with Crippen LogP contribution < -0.4 is 10.2 Å². The Balaban J connectivity index is 1.94. The van der Waals surface area contributed by atoms with Gasteiger partial charge in [0, 0.05) is 32.4 Å². The molecule has 4 heteroatoms. The molecule has 0 bridgehead atoms. The van der Waals surface area contributed by atoms with Gasteiger partial charge in [-0.3, -0.25) is 0 Å². The highest BCUT2D eigenvalue weighted by atomic mass is 15.2. The molecule has 0 unspecified atom stereocenters. The quantitative estimate of drug-likeness (QED) is 0.871. The van der Waals surface area contributed by atoms with Gasteiger partial charge in [-0.05, 0) is 63.5 Å². The van der Waals surface area contributed by atoms with Crippen molar-refractivity contribution in [2.75, 3.05) is 45.2 Å². The van der Waals surface area contributed by atoms with Crippen molar-refractivity contribution in [3.8, 4) is 0 Å². The monoisotopic (exact) mass is 290 g/mol. The number of hydrogen-bond donors (Lipinski definition) is 1. The Morgan fingerprint density at radius 3 is 2.62 bits per heavy atom. The van der Waals surface area contributed by atoms with Crippen LogP contribution in [0.3, 0.4) is 0 Å². The van der Waals surface area contributed by atoms with Gasteiger partial charge in [-0.2, -0.15) is 0 Å². The van der Waals surface area contributed by atoms with Crippen LogP contribution in [0.2, 0.25) is 0 Å². The van der Waals surface area contributed by atoms with Crippen molar-refractivity contribution in [1.82, 2.24) is 15.2 Å². The summed E-state index contributed by atoms with van der Waals surface area (Å²) in [6.07, 6.45) is 4.58. The molecule has 0 amide bonds. The molecule has 0 atom stereocenters. The number of nitrogens with one attached hydrogen (secondary N) is 1. The Bertz CT molecular complexity index is 436. The highest BCUT2D eigenvalue weighted by Gasteiger charge is 2.21. The van der Waals surface area contributed by atoms with Crippen LogP contribution in [-0.4, -0.2) is 50.2 Å². The smallest absolute Gasteiger partial charge is 0.131 e. The number of hydrogen-bond acceptors (Lipinski definition) is 4. The average Bonchev–Trinajstić information content (AvgIpc) is 2.46. The first-order valence-electron chi connectivity index (χ1n) is 8.16. The summed E-state index contributed by atoms with van der Waals surface area (Å²) in [6.45, 7) is 9.71. The van der Waals surface area contributed by atoms with E-state index in [1.165, 1.54) is 36.3 Å². The van der Waals surface area contributed by atoms with E-state index in [0.717, 1.165) is 32.1 Å². The largest absolute Gasteiger partial charge is 0.356 e. The van der Waals surface area contributed by atoms with Gasteiger partial charge in [-0.1, -0.05) is 6.92 Å². The average molecular weight is 290 g/mol. The van der Waals surface area contributed by atoms with Crippen LogP contribution >= 0.6 is 0 Å². The second-order valence-electron chi connectivity index (χ2n) is 6.46. The molecule has 1 aromatic heterocycles. The molecule has 1 aliphatic heterocycles. The number of pyridine rings is 1. The molecule has 21 heavy (non-hydrogen) atoms. The van der Waals surface area contributed by atoms with Crippen molar-refractivity contribution < 1.29 is 0 Å². The lowest BCUT2D eigenvalue weighted by molar-refractivity contribution is 0.284. The lowest BCUT2D eigenvalue weighted by atomic mass is 9.96. The van der Waals surface area contributed by atoms with Gasteiger partial charge in [0.15, 0.2) is 0 Å². The van der Waals surface area contributed by atoms with Gasteiger partial charge in [0.05, 0.1) is 0 Å². The maximum absolute atomic E-state index is 4.72. The second-order valence-corrected chi connectivity index (χ2v) is 6.46.